The summed E-state index contributed by atoms with van der Waals surface area (Å²) in [5, 5.41) is 6.01. The molecule has 0 bridgehead atoms. The van der Waals surface area contributed by atoms with Crippen molar-refractivity contribution >= 4 is 6.03 Å². The van der Waals surface area contributed by atoms with Gasteiger partial charge in [0, 0.05) is 19.3 Å². The molecule has 2 atom stereocenters. The molecule has 1 aliphatic heterocycles. The van der Waals surface area contributed by atoms with Gasteiger partial charge in [0.15, 0.2) is 0 Å². The smallest absolute Gasteiger partial charge is 0.315 e. The first-order valence-electron chi connectivity index (χ1n) is 7.91. The number of carbonyl (C=O) groups excluding carboxylic acids is 1. The zero-order valence-corrected chi connectivity index (χ0v) is 13.1. The van der Waals surface area contributed by atoms with Gasteiger partial charge in [0.2, 0.25) is 0 Å². The number of hydrogen-bond acceptors (Lipinski definition) is 2. The maximum Gasteiger partial charge on any atom is 0.315 e. The molecule has 0 radical (unpaired) electrons. The minimum Gasteiger partial charge on any atom is -0.381 e. The van der Waals surface area contributed by atoms with E-state index in [0.717, 1.165) is 43.6 Å². The average Bonchev–Trinajstić information content (AvgIpc) is 3.10. The topological polar surface area (TPSA) is 50.4 Å². The molecule has 1 spiro atoms. The Kier molecular flexibility index (Phi) is 4.08. The third kappa shape index (κ3) is 3.09. The normalized spacial score (nSPS) is 23.9. The van der Waals surface area contributed by atoms with Gasteiger partial charge in [-0.1, -0.05) is 6.07 Å². The summed E-state index contributed by atoms with van der Waals surface area (Å²) in [6, 6.07) is 4.61. The lowest BCUT2D eigenvalue weighted by Crippen LogP contribution is -2.40. The van der Waals surface area contributed by atoms with E-state index in [9.17, 15) is 9.18 Å². The Bertz CT molecular complexity index is 570. The molecule has 3 rings (SSSR count). The van der Waals surface area contributed by atoms with Crippen molar-refractivity contribution in [3.63, 3.8) is 0 Å². The lowest BCUT2D eigenvalue weighted by molar-refractivity contribution is 0.0547. The molecule has 2 fully saturated rings. The summed E-state index contributed by atoms with van der Waals surface area (Å²) < 4.78 is 18.5. The molecule has 1 aromatic carbocycles. The van der Waals surface area contributed by atoms with Crippen LogP contribution in [0, 0.1) is 18.2 Å². The summed E-state index contributed by atoms with van der Waals surface area (Å²) in [7, 11) is 0. The summed E-state index contributed by atoms with van der Waals surface area (Å²) in [4.78, 5) is 12.2. The molecule has 1 heterocycles. The second-order valence-electron chi connectivity index (χ2n) is 6.57. The maximum atomic E-state index is 13.1. The molecule has 1 saturated heterocycles. The van der Waals surface area contributed by atoms with Crippen LogP contribution in [0.3, 0.4) is 0 Å². The van der Waals surface area contributed by atoms with Crippen LogP contribution in [0.4, 0.5) is 9.18 Å². The van der Waals surface area contributed by atoms with Crippen LogP contribution in [0.5, 0.6) is 0 Å². The highest BCUT2D eigenvalue weighted by Crippen LogP contribution is 2.53. The van der Waals surface area contributed by atoms with Crippen LogP contribution in [0.1, 0.15) is 43.4 Å². The Morgan fingerprint density at radius 2 is 2.14 bits per heavy atom. The molecule has 1 unspecified atom stereocenters. The molecular weight excluding hydrogens is 283 g/mol. The Balaban J connectivity index is 1.53. The van der Waals surface area contributed by atoms with Gasteiger partial charge in [-0.25, -0.2) is 9.18 Å². The zero-order chi connectivity index (χ0) is 15.7. The van der Waals surface area contributed by atoms with Crippen LogP contribution in [0.2, 0.25) is 0 Å². The SMILES string of the molecule is Cc1cc(F)ccc1[C@@H](C)NC(=O)NC1CC12CCOCC2. The lowest BCUT2D eigenvalue weighted by Gasteiger charge is -2.23. The zero-order valence-electron chi connectivity index (χ0n) is 13.1. The summed E-state index contributed by atoms with van der Waals surface area (Å²) in [5.74, 6) is -0.252. The van der Waals surface area contributed by atoms with Crippen LogP contribution in [-0.2, 0) is 4.74 Å². The fraction of sp³-hybridized carbons (Fsp3) is 0.588. The number of nitrogens with one attached hydrogen (secondary N) is 2. The van der Waals surface area contributed by atoms with E-state index >= 15 is 0 Å². The number of rotatable bonds is 3. The molecule has 2 N–H and O–H groups in total. The van der Waals surface area contributed by atoms with Gasteiger partial charge in [-0.2, -0.15) is 0 Å². The van der Waals surface area contributed by atoms with Gasteiger partial charge >= 0.3 is 6.03 Å². The highest BCUT2D eigenvalue weighted by molar-refractivity contribution is 5.75. The minimum absolute atomic E-state index is 0.148. The van der Waals surface area contributed by atoms with E-state index in [0.29, 0.717) is 0 Å². The number of ether oxygens (including phenoxy) is 1. The van der Waals surface area contributed by atoms with E-state index in [1.54, 1.807) is 6.07 Å². The number of amides is 2. The predicted molar refractivity (Wildman–Crippen MR) is 82.1 cm³/mol. The Labute approximate surface area is 130 Å². The molecule has 1 aliphatic carbocycles. The molecule has 22 heavy (non-hydrogen) atoms. The Morgan fingerprint density at radius 1 is 1.41 bits per heavy atom. The van der Waals surface area contributed by atoms with Crippen molar-refractivity contribution in [1.82, 2.24) is 10.6 Å². The van der Waals surface area contributed by atoms with Gasteiger partial charge in [0.25, 0.3) is 0 Å². The van der Waals surface area contributed by atoms with E-state index in [-0.39, 0.29) is 29.3 Å². The Hall–Kier alpha value is -1.62. The number of aryl methyl sites for hydroxylation is 1. The summed E-state index contributed by atoms with van der Waals surface area (Å²) in [6.07, 6.45) is 3.11. The second kappa shape index (κ2) is 5.88. The van der Waals surface area contributed by atoms with Gasteiger partial charge in [0.1, 0.15) is 5.82 Å². The highest BCUT2D eigenvalue weighted by atomic mass is 19.1. The molecule has 4 nitrogen and oxygen atoms in total. The number of carbonyl (C=O) groups is 1. The van der Waals surface area contributed by atoms with Crippen LogP contribution >= 0.6 is 0 Å². The van der Waals surface area contributed by atoms with E-state index in [1.807, 2.05) is 13.8 Å². The summed E-state index contributed by atoms with van der Waals surface area (Å²) >= 11 is 0. The van der Waals surface area contributed by atoms with Gasteiger partial charge in [-0.15, -0.1) is 0 Å². The van der Waals surface area contributed by atoms with E-state index < -0.39 is 0 Å². The third-order valence-corrected chi connectivity index (χ3v) is 5.03. The first-order valence-corrected chi connectivity index (χ1v) is 7.91. The highest BCUT2D eigenvalue weighted by Gasteiger charge is 2.55. The fourth-order valence-electron chi connectivity index (χ4n) is 3.48. The molecular formula is C17H23FN2O2. The largest absolute Gasteiger partial charge is 0.381 e. The Morgan fingerprint density at radius 3 is 2.82 bits per heavy atom. The van der Waals surface area contributed by atoms with Gasteiger partial charge in [0.05, 0.1) is 6.04 Å². The molecule has 2 amide bonds. The van der Waals surface area contributed by atoms with Crippen LogP contribution < -0.4 is 10.6 Å². The van der Waals surface area contributed by atoms with Crippen molar-refractivity contribution in [2.45, 2.75) is 45.2 Å². The van der Waals surface area contributed by atoms with E-state index in [2.05, 4.69) is 10.6 Å². The lowest BCUT2D eigenvalue weighted by atomic mass is 9.96. The molecule has 1 aromatic rings. The van der Waals surface area contributed by atoms with Crippen molar-refractivity contribution in [3.8, 4) is 0 Å². The first kappa shape index (κ1) is 15.3. The standard InChI is InChI=1S/C17H23FN2O2/c1-11-9-13(18)3-4-14(11)12(2)19-16(21)20-15-10-17(15)5-7-22-8-6-17/h3-4,9,12,15H,5-8,10H2,1-2H3,(H2,19,20,21)/t12-,15?/m1/s1. The van der Waals surface area contributed by atoms with Crippen molar-refractivity contribution < 1.29 is 13.9 Å². The predicted octanol–water partition coefficient (Wildman–Crippen LogP) is 3.06. The molecule has 1 saturated carbocycles. The number of hydrogen-bond donors (Lipinski definition) is 2. The fourth-order valence-corrected chi connectivity index (χ4v) is 3.48. The van der Waals surface area contributed by atoms with Crippen LogP contribution in [0.15, 0.2) is 18.2 Å². The third-order valence-electron chi connectivity index (χ3n) is 5.03. The van der Waals surface area contributed by atoms with Crippen molar-refractivity contribution in [2.75, 3.05) is 13.2 Å². The van der Waals surface area contributed by atoms with E-state index in [1.165, 1.54) is 12.1 Å². The van der Waals surface area contributed by atoms with Crippen LogP contribution in [-0.4, -0.2) is 25.3 Å². The summed E-state index contributed by atoms with van der Waals surface area (Å²) in [6.45, 7) is 5.36. The molecule has 2 aliphatic rings. The quantitative estimate of drug-likeness (QED) is 0.901. The number of urea groups is 1. The average molecular weight is 306 g/mol. The summed E-state index contributed by atoms with van der Waals surface area (Å²) in [5.41, 5.74) is 2.05. The van der Waals surface area contributed by atoms with E-state index in [4.69, 9.17) is 4.74 Å². The monoisotopic (exact) mass is 306 g/mol. The minimum atomic E-state index is -0.252. The second-order valence-corrected chi connectivity index (χ2v) is 6.57. The number of benzene rings is 1. The van der Waals surface area contributed by atoms with Crippen LogP contribution in [0.25, 0.3) is 0 Å². The van der Waals surface area contributed by atoms with Gasteiger partial charge in [-0.3, -0.25) is 0 Å². The maximum absolute atomic E-state index is 13.1. The molecule has 0 aromatic heterocycles. The molecule has 5 heteroatoms. The van der Waals surface area contributed by atoms with Crippen molar-refractivity contribution in [2.24, 2.45) is 5.41 Å². The first-order chi connectivity index (χ1) is 10.5. The number of halogens is 1. The van der Waals surface area contributed by atoms with Crippen molar-refractivity contribution in [3.05, 3.63) is 35.1 Å². The molecule has 120 valence electrons. The van der Waals surface area contributed by atoms with Crippen molar-refractivity contribution in [1.29, 1.82) is 0 Å². The van der Waals surface area contributed by atoms with Gasteiger partial charge in [-0.05, 0) is 61.8 Å². The van der Waals surface area contributed by atoms with Gasteiger partial charge < -0.3 is 15.4 Å².